The first kappa shape index (κ1) is 27.0. The van der Waals surface area contributed by atoms with E-state index in [2.05, 4.69) is 135 Å². The first-order valence-electron chi connectivity index (χ1n) is 15.1. The third-order valence-electron chi connectivity index (χ3n) is 11.1. The Hall–Kier alpha value is -1.60. The summed E-state index contributed by atoms with van der Waals surface area (Å²) in [6.45, 7) is 25.1. The maximum Gasteiger partial charge on any atom is 0.0553 e. The number of benzene rings is 1. The molecule has 200 valence electrons. The van der Waals surface area contributed by atoms with Crippen molar-refractivity contribution in [2.75, 3.05) is 0 Å². The monoisotopic (exact) mass is 512 g/mol. The van der Waals surface area contributed by atoms with Gasteiger partial charge in [-0.3, -0.25) is 0 Å². The van der Waals surface area contributed by atoms with Gasteiger partial charge in [0.25, 0.3) is 0 Å². The topological polar surface area (TPSA) is 0 Å². The van der Waals surface area contributed by atoms with Gasteiger partial charge in [-0.2, -0.15) is 0 Å². The summed E-state index contributed by atoms with van der Waals surface area (Å²) < 4.78 is 0. The molecule has 1 aromatic carbocycles. The van der Waals surface area contributed by atoms with Gasteiger partial charge in [0.05, 0.1) is 8.07 Å². The molecule has 0 aliphatic heterocycles. The molecule has 4 aliphatic rings. The summed E-state index contributed by atoms with van der Waals surface area (Å²) >= 11 is 0. The van der Waals surface area contributed by atoms with Gasteiger partial charge in [0.2, 0.25) is 0 Å². The lowest BCUT2D eigenvalue weighted by Crippen LogP contribution is -2.45. The second-order valence-electron chi connectivity index (χ2n) is 15.7. The molecule has 0 amide bonds. The van der Waals surface area contributed by atoms with E-state index >= 15 is 0 Å². The molecule has 0 N–H and O–H groups in total. The second-order valence-corrected chi connectivity index (χ2v) is 20.7. The van der Waals surface area contributed by atoms with Crippen molar-refractivity contribution < 1.29 is 0 Å². The molecule has 0 heterocycles. The summed E-state index contributed by atoms with van der Waals surface area (Å²) in [5.74, 6) is 5.05. The van der Waals surface area contributed by atoms with Crippen LogP contribution in [0.4, 0.5) is 0 Å². The Morgan fingerprint density at radius 2 is 1.08 bits per heavy atom. The molecule has 5 rings (SSSR count). The SMILES string of the molecule is CC1C2C=CC=CC2C(C)C1[Si](C)(C)C1C(c2cc(C(C)(C)C)cc(C(C)(C)C)c2)CC2C=CC=CC21. The molecule has 2 saturated carbocycles. The minimum Gasteiger partial charge on any atom is -0.0808 e. The molecule has 1 aromatic rings. The van der Waals surface area contributed by atoms with Crippen molar-refractivity contribution in [3.8, 4) is 0 Å². The molecule has 4 aliphatic carbocycles. The van der Waals surface area contributed by atoms with Crippen LogP contribution in [-0.2, 0) is 10.8 Å². The number of rotatable bonds is 3. The van der Waals surface area contributed by atoms with Crippen LogP contribution in [0, 0.1) is 35.5 Å². The van der Waals surface area contributed by atoms with E-state index in [4.69, 9.17) is 0 Å². The standard InChI is InChI=1S/C36H52Si/c1-23-29-16-13-14-17-30(29)24(2)33(23)37(9,10)34-31-18-12-11-15-25(31)21-32(34)26-19-27(35(3,4)5)22-28(20-26)36(6,7)8/h11-20,22-25,29-34H,21H2,1-10H3. The molecular weight excluding hydrogens is 460 g/mol. The number of hydrogen-bond acceptors (Lipinski definition) is 0. The number of allylic oxidation sites excluding steroid dienone is 8. The van der Waals surface area contributed by atoms with Crippen molar-refractivity contribution in [3.63, 3.8) is 0 Å². The van der Waals surface area contributed by atoms with Gasteiger partial charge in [0.1, 0.15) is 0 Å². The Balaban J connectivity index is 1.62. The molecule has 1 heteroatoms. The van der Waals surface area contributed by atoms with E-state index in [-0.39, 0.29) is 10.8 Å². The van der Waals surface area contributed by atoms with Gasteiger partial charge in [-0.15, -0.1) is 0 Å². The first-order chi connectivity index (χ1) is 17.2. The fourth-order valence-electron chi connectivity index (χ4n) is 9.32. The van der Waals surface area contributed by atoms with Crippen molar-refractivity contribution >= 4 is 8.07 Å². The third-order valence-corrected chi connectivity index (χ3v) is 16.3. The molecule has 0 radical (unpaired) electrons. The molecule has 0 spiro atoms. The Kier molecular flexibility index (Phi) is 6.75. The van der Waals surface area contributed by atoms with E-state index in [0.717, 1.165) is 34.8 Å². The molecule has 8 unspecified atom stereocenters. The van der Waals surface area contributed by atoms with Gasteiger partial charge in [-0.25, -0.2) is 0 Å². The Bertz CT molecular complexity index is 1070. The fraction of sp³-hybridized carbons (Fsp3) is 0.611. The van der Waals surface area contributed by atoms with Gasteiger partial charge in [-0.05, 0) is 86.4 Å². The molecule has 0 bridgehead atoms. The van der Waals surface area contributed by atoms with Crippen molar-refractivity contribution in [1.82, 2.24) is 0 Å². The summed E-state index contributed by atoms with van der Waals surface area (Å²) in [5, 5.41) is 0. The number of hydrogen-bond donors (Lipinski definition) is 0. The summed E-state index contributed by atoms with van der Waals surface area (Å²) in [6, 6.07) is 7.75. The van der Waals surface area contributed by atoms with E-state index < -0.39 is 8.07 Å². The third kappa shape index (κ3) is 4.62. The molecule has 0 aromatic heterocycles. The van der Waals surface area contributed by atoms with Crippen LogP contribution < -0.4 is 0 Å². The van der Waals surface area contributed by atoms with Crippen molar-refractivity contribution in [2.24, 2.45) is 35.5 Å². The molecule has 2 fully saturated rings. The van der Waals surface area contributed by atoms with Crippen LogP contribution >= 0.6 is 0 Å². The molecule has 8 atom stereocenters. The maximum absolute atomic E-state index is 2.79. The van der Waals surface area contributed by atoms with E-state index in [1.807, 2.05) is 0 Å². The zero-order valence-corrected chi connectivity index (χ0v) is 26.3. The minimum absolute atomic E-state index is 0.159. The van der Waals surface area contributed by atoms with Gasteiger partial charge in [0.15, 0.2) is 0 Å². The van der Waals surface area contributed by atoms with Gasteiger partial charge in [-0.1, -0.05) is 135 Å². The highest BCUT2D eigenvalue weighted by Gasteiger charge is 2.58. The summed E-state index contributed by atoms with van der Waals surface area (Å²) in [5.41, 5.74) is 6.61. The minimum atomic E-state index is -1.69. The predicted octanol–water partition coefficient (Wildman–Crippen LogP) is 10.2. The summed E-state index contributed by atoms with van der Waals surface area (Å²) in [6.07, 6.45) is 20.9. The highest BCUT2D eigenvalue weighted by atomic mass is 28.3. The van der Waals surface area contributed by atoms with Crippen LogP contribution in [0.5, 0.6) is 0 Å². The highest BCUT2D eigenvalue weighted by molar-refractivity contribution is 6.80. The van der Waals surface area contributed by atoms with Crippen LogP contribution in [0.1, 0.15) is 84.4 Å². The smallest absolute Gasteiger partial charge is 0.0553 e. The van der Waals surface area contributed by atoms with Crippen LogP contribution in [0.3, 0.4) is 0 Å². The van der Waals surface area contributed by atoms with Crippen LogP contribution in [0.2, 0.25) is 24.2 Å². The van der Waals surface area contributed by atoms with Crippen LogP contribution in [-0.4, -0.2) is 8.07 Å². The Labute approximate surface area is 229 Å². The Morgan fingerprint density at radius 3 is 1.57 bits per heavy atom. The fourth-order valence-corrected chi connectivity index (χ4v) is 15.6. The Morgan fingerprint density at radius 1 is 0.622 bits per heavy atom. The molecule has 37 heavy (non-hydrogen) atoms. The maximum atomic E-state index is 2.79. The number of fused-ring (bicyclic) bond motifs is 2. The zero-order valence-electron chi connectivity index (χ0n) is 25.3. The molecule has 0 nitrogen and oxygen atoms in total. The average Bonchev–Trinajstić information content (AvgIpc) is 3.34. The van der Waals surface area contributed by atoms with Crippen molar-refractivity contribution in [2.45, 2.75) is 103 Å². The van der Waals surface area contributed by atoms with E-state index in [0.29, 0.717) is 17.8 Å². The predicted molar refractivity (Wildman–Crippen MR) is 165 cm³/mol. The van der Waals surface area contributed by atoms with Gasteiger partial charge in [0, 0.05) is 0 Å². The second kappa shape index (κ2) is 9.25. The summed E-state index contributed by atoms with van der Waals surface area (Å²) in [7, 11) is -1.69. The van der Waals surface area contributed by atoms with E-state index in [1.54, 1.807) is 5.56 Å². The first-order valence-corrected chi connectivity index (χ1v) is 18.2. The molecule has 0 saturated heterocycles. The highest BCUT2D eigenvalue weighted by Crippen LogP contribution is 2.65. The summed E-state index contributed by atoms with van der Waals surface area (Å²) in [4.78, 5) is 0. The lowest BCUT2D eigenvalue weighted by atomic mass is 9.77. The van der Waals surface area contributed by atoms with Gasteiger partial charge >= 0.3 is 0 Å². The van der Waals surface area contributed by atoms with Crippen molar-refractivity contribution in [3.05, 3.63) is 83.5 Å². The lowest BCUT2D eigenvalue weighted by Gasteiger charge is -2.46. The lowest BCUT2D eigenvalue weighted by molar-refractivity contribution is 0.427. The largest absolute Gasteiger partial charge is 0.0808 e. The normalized spacial score (nSPS) is 37.2. The van der Waals surface area contributed by atoms with Gasteiger partial charge < -0.3 is 0 Å². The van der Waals surface area contributed by atoms with Crippen molar-refractivity contribution in [1.29, 1.82) is 0 Å². The average molecular weight is 513 g/mol. The van der Waals surface area contributed by atoms with Crippen LogP contribution in [0.15, 0.2) is 66.8 Å². The van der Waals surface area contributed by atoms with E-state index in [9.17, 15) is 0 Å². The quantitative estimate of drug-likeness (QED) is 0.353. The zero-order chi connectivity index (χ0) is 26.9. The molecular formula is C36H52Si. The van der Waals surface area contributed by atoms with Crippen LogP contribution in [0.25, 0.3) is 0 Å². The van der Waals surface area contributed by atoms with E-state index in [1.165, 1.54) is 17.5 Å².